The van der Waals surface area contributed by atoms with Crippen molar-refractivity contribution in [3.05, 3.63) is 42.2 Å². The molecule has 19 heavy (non-hydrogen) atoms. The molecule has 0 aliphatic carbocycles. The molecule has 2 heterocycles. The number of fused-ring (bicyclic) bond motifs is 1. The summed E-state index contributed by atoms with van der Waals surface area (Å²) >= 11 is 0. The lowest BCUT2D eigenvalue weighted by Crippen LogP contribution is -2.01. The summed E-state index contributed by atoms with van der Waals surface area (Å²) in [5, 5.41) is 8.91. The molecule has 0 saturated carbocycles. The zero-order chi connectivity index (χ0) is 13.4. The third-order valence-corrected chi connectivity index (χ3v) is 2.68. The first-order valence-electron chi connectivity index (χ1n) is 5.56. The van der Waals surface area contributed by atoms with E-state index in [1.54, 1.807) is 25.1 Å². The number of hydrogen-bond donors (Lipinski definition) is 1. The SMILES string of the molecule is Cc1nc2cc(-c3cc(C(=O)O)ncn3)ccc2o1. The van der Waals surface area contributed by atoms with Gasteiger partial charge in [0.05, 0.1) is 5.69 Å². The number of rotatable bonds is 2. The highest BCUT2D eigenvalue weighted by Crippen LogP contribution is 2.23. The molecule has 0 unspecified atom stereocenters. The van der Waals surface area contributed by atoms with Crippen molar-refractivity contribution in [2.24, 2.45) is 0 Å². The second kappa shape index (κ2) is 4.16. The Labute approximate surface area is 107 Å². The maximum Gasteiger partial charge on any atom is 0.354 e. The Morgan fingerprint density at radius 3 is 2.89 bits per heavy atom. The van der Waals surface area contributed by atoms with E-state index >= 15 is 0 Å². The fourth-order valence-electron chi connectivity index (χ4n) is 1.83. The van der Waals surface area contributed by atoms with Crippen LogP contribution in [0.4, 0.5) is 0 Å². The van der Waals surface area contributed by atoms with Crippen molar-refractivity contribution in [3.63, 3.8) is 0 Å². The molecule has 94 valence electrons. The number of carbonyl (C=O) groups is 1. The number of carboxylic acid groups (broad SMARTS) is 1. The second-order valence-corrected chi connectivity index (χ2v) is 4.01. The molecular formula is C13H9N3O3. The largest absolute Gasteiger partial charge is 0.477 e. The van der Waals surface area contributed by atoms with E-state index in [-0.39, 0.29) is 5.69 Å². The summed E-state index contributed by atoms with van der Waals surface area (Å²) in [4.78, 5) is 22.9. The van der Waals surface area contributed by atoms with Crippen LogP contribution in [0, 0.1) is 6.92 Å². The van der Waals surface area contributed by atoms with Crippen molar-refractivity contribution in [2.45, 2.75) is 6.92 Å². The van der Waals surface area contributed by atoms with Crippen molar-refractivity contribution in [1.82, 2.24) is 15.0 Å². The Morgan fingerprint density at radius 2 is 2.11 bits per heavy atom. The normalized spacial score (nSPS) is 10.8. The van der Waals surface area contributed by atoms with Crippen molar-refractivity contribution in [3.8, 4) is 11.3 Å². The molecule has 0 aliphatic heterocycles. The number of hydrogen-bond acceptors (Lipinski definition) is 5. The molecule has 1 aromatic carbocycles. The van der Waals surface area contributed by atoms with Crippen LogP contribution in [0.25, 0.3) is 22.4 Å². The van der Waals surface area contributed by atoms with Crippen molar-refractivity contribution < 1.29 is 14.3 Å². The Morgan fingerprint density at radius 1 is 1.26 bits per heavy atom. The predicted octanol–water partition coefficient (Wildman–Crippen LogP) is 2.29. The first kappa shape index (κ1) is 11.3. The van der Waals surface area contributed by atoms with Gasteiger partial charge in [0, 0.05) is 12.5 Å². The molecule has 0 amide bonds. The number of aryl methyl sites for hydroxylation is 1. The van der Waals surface area contributed by atoms with Crippen LogP contribution in [0.2, 0.25) is 0 Å². The van der Waals surface area contributed by atoms with Crippen LogP contribution < -0.4 is 0 Å². The number of nitrogens with zero attached hydrogens (tertiary/aromatic N) is 3. The van der Waals surface area contributed by atoms with E-state index in [4.69, 9.17) is 9.52 Å². The predicted molar refractivity (Wildman–Crippen MR) is 66.7 cm³/mol. The molecule has 0 spiro atoms. The zero-order valence-corrected chi connectivity index (χ0v) is 9.99. The van der Waals surface area contributed by atoms with Gasteiger partial charge in [0.25, 0.3) is 0 Å². The molecule has 6 nitrogen and oxygen atoms in total. The van der Waals surface area contributed by atoms with Gasteiger partial charge in [0.15, 0.2) is 17.2 Å². The van der Waals surface area contributed by atoms with Gasteiger partial charge < -0.3 is 9.52 Å². The molecule has 0 saturated heterocycles. The number of aromatic nitrogens is 3. The van der Waals surface area contributed by atoms with Crippen LogP contribution in [-0.2, 0) is 0 Å². The first-order chi connectivity index (χ1) is 9.13. The van der Waals surface area contributed by atoms with E-state index in [1.807, 2.05) is 0 Å². The molecule has 0 bridgehead atoms. The van der Waals surface area contributed by atoms with Gasteiger partial charge in [-0.25, -0.2) is 19.7 Å². The highest BCUT2D eigenvalue weighted by molar-refractivity contribution is 5.87. The molecule has 3 aromatic rings. The number of aromatic carboxylic acids is 1. The molecule has 0 aliphatic rings. The van der Waals surface area contributed by atoms with Gasteiger partial charge in [0.2, 0.25) is 0 Å². The number of benzene rings is 1. The standard InChI is InChI=1S/C13H9N3O3/c1-7-16-10-4-8(2-3-12(10)19-7)9-5-11(13(17)18)15-6-14-9/h2-6H,1H3,(H,17,18). The van der Waals surface area contributed by atoms with Gasteiger partial charge in [-0.1, -0.05) is 0 Å². The van der Waals surface area contributed by atoms with Crippen molar-refractivity contribution in [1.29, 1.82) is 0 Å². The Kier molecular flexibility index (Phi) is 2.49. The van der Waals surface area contributed by atoms with E-state index in [0.29, 0.717) is 22.7 Å². The Bertz CT molecular complexity index is 780. The lowest BCUT2D eigenvalue weighted by atomic mass is 10.1. The number of oxazole rings is 1. The zero-order valence-electron chi connectivity index (χ0n) is 9.99. The lowest BCUT2D eigenvalue weighted by Gasteiger charge is -2.00. The minimum atomic E-state index is -1.08. The van der Waals surface area contributed by atoms with Crippen LogP contribution >= 0.6 is 0 Å². The topological polar surface area (TPSA) is 89.1 Å². The van der Waals surface area contributed by atoms with Gasteiger partial charge in [0.1, 0.15) is 11.8 Å². The summed E-state index contributed by atoms with van der Waals surface area (Å²) in [6.45, 7) is 1.77. The van der Waals surface area contributed by atoms with Crippen molar-refractivity contribution in [2.75, 3.05) is 0 Å². The molecule has 1 N–H and O–H groups in total. The van der Waals surface area contributed by atoms with E-state index in [1.165, 1.54) is 12.4 Å². The Balaban J connectivity index is 2.12. The quantitative estimate of drug-likeness (QED) is 0.755. The molecule has 6 heteroatoms. The van der Waals surface area contributed by atoms with Crippen LogP contribution in [0.3, 0.4) is 0 Å². The lowest BCUT2D eigenvalue weighted by molar-refractivity contribution is 0.0690. The van der Waals surface area contributed by atoms with Gasteiger partial charge in [-0.3, -0.25) is 0 Å². The highest BCUT2D eigenvalue weighted by atomic mass is 16.4. The fraction of sp³-hybridized carbons (Fsp3) is 0.0769. The summed E-state index contributed by atoms with van der Waals surface area (Å²) in [5.41, 5.74) is 2.67. The summed E-state index contributed by atoms with van der Waals surface area (Å²) in [7, 11) is 0. The first-order valence-corrected chi connectivity index (χ1v) is 5.56. The van der Waals surface area contributed by atoms with Gasteiger partial charge in [-0.2, -0.15) is 0 Å². The smallest absolute Gasteiger partial charge is 0.354 e. The molecule has 3 rings (SSSR count). The molecule has 0 radical (unpaired) electrons. The monoisotopic (exact) mass is 255 g/mol. The highest BCUT2D eigenvalue weighted by Gasteiger charge is 2.09. The van der Waals surface area contributed by atoms with Gasteiger partial charge >= 0.3 is 5.97 Å². The van der Waals surface area contributed by atoms with E-state index in [0.717, 1.165) is 5.56 Å². The third kappa shape index (κ3) is 2.03. The summed E-state index contributed by atoms with van der Waals surface area (Å²) in [5.74, 6) is -0.497. The summed E-state index contributed by atoms with van der Waals surface area (Å²) in [6.07, 6.45) is 1.23. The van der Waals surface area contributed by atoms with E-state index in [2.05, 4.69) is 15.0 Å². The summed E-state index contributed by atoms with van der Waals surface area (Å²) in [6, 6.07) is 6.82. The van der Waals surface area contributed by atoms with E-state index < -0.39 is 5.97 Å². The second-order valence-electron chi connectivity index (χ2n) is 4.01. The van der Waals surface area contributed by atoms with Gasteiger partial charge in [-0.15, -0.1) is 0 Å². The van der Waals surface area contributed by atoms with Crippen LogP contribution in [-0.4, -0.2) is 26.0 Å². The number of carboxylic acids is 1. The minimum absolute atomic E-state index is 0.0403. The Hall–Kier alpha value is -2.76. The molecule has 0 fully saturated rings. The fourth-order valence-corrected chi connectivity index (χ4v) is 1.83. The van der Waals surface area contributed by atoms with Gasteiger partial charge in [-0.05, 0) is 24.3 Å². The average Bonchev–Trinajstić information content (AvgIpc) is 2.77. The van der Waals surface area contributed by atoms with Crippen molar-refractivity contribution >= 4 is 17.1 Å². The van der Waals surface area contributed by atoms with Crippen LogP contribution in [0.1, 0.15) is 16.4 Å². The average molecular weight is 255 g/mol. The minimum Gasteiger partial charge on any atom is -0.477 e. The molecule has 2 aromatic heterocycles. The molecule has 0 atom stereocenters. The summed E-state index contributed by atoms with van der Waals surface area (Å²) < 4.78 is 5.38. The van der Waals surface area contributed by atoms with Crippen LogP contribution in [0.5, 0.6) is 0 Å². The maximum atomic E-state index is 10.9. The van der Waals surface area contributed by atoms with Crippen LogP contribution in [0.15, 0.2) is 35.0 Å². The van der Waals surface area contributed by atoms with E-state index in [9.17, 15) is 4.79 Å². The maximum absolute atomic E-state index is 10.9. The molecular weight excluding hydrogens is 246 g/mol. The third-order valence-electron chi connectivity index (χ3n) is 2.68.